The smallest absolute Gasteiger partial charge is 0.426 e. The molecule has 0 saturated heterocycles. The Bertz CT molecular complexity index is 961. The van der Waals surface area contributed by atoms with Crippen molar-refractivity contribution in [1.29, 1.82) is 0 Å². The van der Waals surface area contributed by atoms with E-state index in [4.69, 9.17) is 11.6 Å². The van der Waals surface area contributed by atoms with Crippen LogP contribution >= 0.6 is 11.6 Å². The van der Waals surface area contributed by atoms with E-state index >= 15 is 0 Å². The van der Waals surface area contributed by atoms with Crippen molar-refractivity contribution in [2.24, 2.45) is 5.92 Å². The fraction of sp³-hybridized carbons (Fsp3) is 0.421. The number of aromatic amines is 1. The number of rotatable bonds is 3. The van der Waals surface area contributed by atoms with E-state index in [9.17, 15) is 23.9 Å². The maximum absolute atomic E-state index is 14.6. The van der Waals surface area contributed by atoms with Gasteiger partial charge >= 0.3 is 6.09 Å². The molecule has 0 bridgehead atoms. The van der Waals surface area contributed by atoms with Crippen molar-refractivity contribution >= 4 is 40.4 Å². The summed E-state index contributed by atoms with van der Waals surface area (Å²) in [4.78, 5) is 40.8. The summed E-state index contributed by atoms with van der Waals surface area (Å²) in [5, 5.41) is 10.8. The van der Waals surface area contributed by atoms with Crippen LogP contribution in [0.5, 0.6) is 0 Å². The molecule has 156 valence electrons. The molecule has 1 aliphatic carbocycles. The number of aromatic nitrogens is 1. The van der Waals surface area contributed by atoms with Crippen LogP contribution < -0.4 is 5.43 Å². The van der Waals surface area contributed by atoms with E-state index in [1.54, 1.807) is 20.2 Å². The van der Waals surface area contributed by atoms with Crippen molar-refractivity contribution in [3.63, 3.8) is 0 Å². The lowest BCUT2D eigenvalue weighted by Crippen LogP contribution is -2.53. The van der Waals surface area contributed by atoms with Crippen LogP contribution in [0.4, 0.5) is 9.18 Å². The van der Waals surface area contributed by atoms with Crippen molar-refractivity contribution in [3.8, 4) is 0 Å². The summed E-state index contributed by atoms with van der Waals surface area (Å²) in [5.74, 6) is -2.13. The Morgan fingerprint density at radius 3 is 2.66 bits per heavy atom. The van der Waals surface area contributed by atoms with E-state index in [0.29, 0.717) is 29.8 Å². The van der Waals surface area contributed by atoms with Gasteiger partial charge in [0.1, 0.15) is 5.69 Å². The highest BCUT2D eigenvalue weighted by atomic mass is 35.5. The summed E-state index contributed by atoms with van der Waals surface area (Å²) in [6, 6.07) is 3.88. The van der Waals surface area contributed by atoms with Gasteiger partial charge in [-0.1, -0.05) is 18.0 Å². The Hall–Kier alpha value is -2.81. The van der Waals surface area contributed by atoms with E-state index in [1.807, 2.05) is 0 Å². The van der Waals surface area contributed by atoms with Gasteiger partial charge in [-0.05, 0) is 37.5 Å². The SMILES string of the molecule is CN(C)C(=O)C1CCCC(N(NC(=O)c2[nH]c3ccc(Cl)cc3c2F)C(=O)O)C1. The van der Waals surface area contributed by atoms with Crippen molar-refractivity contribution in [1.82, 2.24) is 20.3 Å². The number of carbonyl (C=O) groups is 3. The van der Waals surface area contributed by atoms with Gasteiger partial charge in [-0.25, -0.2) is 14.2 Å². The fourth-order valence-electron chi connectivity index (χ4n) is 3.74. The summed E-state index contributed by atoms with van der Waals surface area (Å²) in [6.45, 7) is 0. The van der Waals surface area contributed by atoms with Gasteiger partial charge in [0.05, 0.1) is 6.04 Å². The van der Waals surface area contributed by atoms with Crippen molar-refractivity contribution < 1.29 is 23.9 Å². The standard InChI is InChI=1S/C19H22ClFN4O4/c1-24(2)18(27)10-4-3-5-12(8-10)25(19(28)29)23-17(26)16-15(21)13-9-11(20)6-7-14(13)22-16/h6-7,9-10,12,22H,3-5,8H2,1-2H3,(H,23,26)(H,28,29). The van der Waals surface area contributed by atoms with Crippen LogP contribution in [0.25, 0.3) is 10.9 Å². The van der Waals surface area contributed by atoms with Crippen LogP contribution in [-0.4, -0.2) is 58.0 Å². The molecule has 1 fully saturated rings. The minimum Gasteiger partial charge on any atom is -0.464 e. The Kier molecular flexibility index (Phi) is 5.97. The van der Waals surface area contributed by atoms with Crippen molar-refractivity contribution in [2.75, 3.05) is 14.1 Å². The molecule has 0 aliphatic heterocycles. The first-order valence-electron chi connectivity index (χ1n) is 9.20. The highest BCUT2D eigenvalue weighted by Gasteiger charge is 2.35. The second kappa shape index (κ2) is 8.28. The molecule has 1 saturated carbocycles. The zero-order chi connectivity index (χ0) is 21.3. The number of hydrazine groups is 1. The Balaban J connectivity index is 1.80. The second-order valence-corrected chi connectivity index (χ2v) is 7.78. The maximum atomic E-state index is 14.6. The minimum absolute atomic E-state index is 0.0788. The number of fused-ring (bicyclic) bond motifs is 1. The first-order valence-corrected chi connectivity index (χ1v) is 9.58. The highest BCUT2D eigenvalue weighted by Crippen LogP contribution is 2.29. The van der Waals surface area contributed by atoms with Crippen LogP contribution in [0.2, 0.25) is 5.02 Å². The van der Waals surface area contributed by atoms with Crippen molar-refractivity contribution in [3.05, 3.63) is 34.7 Å². The number of nitrogens with zero attached hydrogens (tertiary/aromatic N) is 2. The number of H-pyrrole nitrogens is 1. The second-order valence-electron chi connectivity index (χ2n) is 7.35. The molecule has 1 aliphatic rings. The predicted molar refractivity (Wildman–Crippen MR) is 105 cm³/mol. The number of benzene rings is 1. The summed E-state index contributed by atoms with van der Waals surface area (Å²) in [7, 11) is 3.29. The maximum Gasteiger partial charge on any atom is 0.426 e. The van der Waals surface area contributed by atoms with Crippen LogP contribution in [0.1, 0.15) is 36.2 Å². The lowest BCUT2D eigenvalue weighted by atomic mass is 9.84. The molecule has 2 aromatic rings. The van der Waals surface area contributed by atoms with Crippen LogP contribution in [0.15, 0.2) is 18.2 Å². The van der Waals surface area contributed by atoms with E-state index < -0.39 is 23.9 Å². The third-order valence-corrected chi connectivity index (χ3v) is 5.39. The molecular weight excluding hydrogens is 403 g/mol. The average molecular weight is 425 g/mol. The third-order valence-electron chi connectivity index (χ3n) is 5.15. The zero-order valence-electron chi connectivity index (χ0n) is 16.0. The largest absolute Gasteiger partial charge is 0.464 e. The molecule has 3 N–H and O–H groups in total. The van der Waals surface area contributed by atoms with Gasteiger partial charge in [-0.15, -0.1) is 0 Å². The number of carboxylic acid groups (broad SMARTS) is 1. The predicted octanol–water partition coefficient (Wildman–Crippen LogP) is 3.23. The third kappa shape index (κ3) is 4.29. The minimum atomic E-state index is -1.37. The van der Waals surface area contributed by atoms with Gasteiger partial charge in [-0.2, -0.15) is 0 Å². The molecule has 2 unspecified atom stereocenters. The highest BCUT2D eigenvalue weighted by molar-refractivity contribution is 6.31. The summed E-state index contributed by atoms with van der Waals surface area (Å²) in [5.41, 5.74) is 2.26. The van der Waals surface area contributed by atoms with Gasteiger partial charge in [0.15, 0.2) is 5.82 Å². The Morgan fingerprint density at radius 2 is 2.00 bits per heavy atom. The van der Waals surface area contributed by atoms with Crippen LogP contribution in [0.3, 0.4) is 0 Å². The molecule has 3 amide bonds. The van der Waals surface area contributed by atoms with E-state index in [2.05, 4.69) is 10.4 Å². The molecule has 2 atom stereocenters. The van der Waals surface area contributed by atoms with Crippen LogP contribution in [-0.2, 0) is 4.79 Å². The Morgan fingerprint density at radius 1 is 1.28 bits per heavy atom. The quantitative estimate of drug-likeness (QED) is 0.657. The number of nitrogens with one attached hydrogen (secondary N) is 2. The molecule has 1 aromatic heterocycles. The molecule has 3 rings (SSSR count). The van der Waals surface area contributed by atoms with E-state index in [0.717, 1.165) is 5.01 Å². The molecule has 8 nitrogen and oxygen atoms in total. The monoisotopic (exact) mass is 424 g/mol. The normalized spacial score (nSPS) is 19.0. The number of hydrogen-bond donors (Lipinski definition) is 3. The summed E-state index contributed by atoms with van der Waals surface area (Å²) in [6.07, 6.45) is 0.712. The first kappa shape index (κ1) is 20.9. The van der Waals surface area contributed by atoms with Gasteiger partial charge in [0, 0.05) is 35.9 Å². The lowest BCUT2D eigenvalue weighted by molar-refractivity contribution is -0.134. The van der Waals surface area contributed by atoms with Crippen LogP contribution in [0, 0.1) is 11.7 Å². The number of hydrogen-bond acceptors (Lipinski definition) is 3. The molecule has 0 spiro atoms. The van der Waals surface area contributed by atoms with E-state index in [-0.39, 0.29) is 29.3 Å². The number of halogens is 2. The molecular formula is C19H22ClFN4O4. The number of carbonyl (C=O) groups excluding carboxylic acids is 2. The molecule has 1 aromatic carbocycles. The number of amides is 3. The van der Waals surface area contributed by atoms with Gasteiger partial charge < -0.3 is 15.0 Å². The summed E-state index contributed by atoms with van der Waals surface area (Å²) >= 11 is 5.87. The topological polar surface area (TPSA) is 106 Å². The van der Waals surface area contributed by atoms with Gasteiger partial charge in [0.2, 0.25) is 5.91 Å². The summed E-state index contributed by atoms with van der Waals surface area (Å²) < 4.78 is 14.6. The lowest BCUT2D eigenvalue weighted by Gasteiger charge is -2.35. The van der Waals surface area contributed by atoms with E-state index in [1.165, 1.54) is 17.0 Å². The fourth-order valence-corrected chi connectivity index (χ4v) is 3.91. The molecule has 10 heteroatoms. The first-order chi connectivity index (χ1) is 13.7. The molecule has 29 heavy (non-hydrogen) atoms. The average Bonchev–Trinajstić information content (AvgIpc) is 3.01. The molecule has 1 heterocycles. The van der Waals surface area contributed by atoms with Gasteiger partial charge in [0.25, 0.3) is 5.91 Å². The molecule has 0 radical (unpaired) electrons. The van der Waals surface area contributed by atoms with Gasteiger partial charge in [-0.3, -0.25) is 15.0 Å². The Labute approximate surface area is 171 Å². The zero-order valence-corrected chi connectivity index (χ0v) is 16.8. The van der Waals surface area contributed by atoms with Crippen molar-refractivity contribution in [2.45, 2.75) is 31.7 Å².